The first-order valence-electron chi connectivity index (χ1n) is 7.71. The summed E-state index contributed by atoms with van der Waals surface area (Å²) in [6, 6.07) is 0.539. The monoisotopic (exact) mass is 297 g/mol. The van der Waals surface area contributed by atoms with Gasteiger partial charge in [-0.2, -0.15) is 0 Å². The number of aromatic nitrogens is 1. The highest BCUT2D eigenvalue weighted by Gasteiger charge is 2.16. The fourth-order valence-electron chi connectivity index (χ4n) is 2.23. The standard InChI is InChI=1S/C16H31N3S/c1-11(2)8-13(5)19(7)16-18-14(6)15(20-16)10-17-9-12(3)4/h11-13,17H,8-10H2,1-7H3. The molecule has 4 heteroatoms. The topological polar surface area (TPSA) is 28.2 Å². The highest BCUT2D eigenvalue weighted by Crippen LogP contribution is 2.27. The number of hydrogen-bond donors (Lipinski definition) is 1. The Balaban J connectivity index is 2.63. The molecule has 1 unspecified atom stereocenters. The Hall–Kier alpha value is -0.610. The maximum Gasteiger partial charge on any atom is 0.185 e. The van der Waals surface area contributed by atoms with Gasteiger partial charge in [0, 0.05) is 24.5 Å². The van der Waals surface area contributed by atoms with Crippen LogP contribution >= 0.6 is 11.3 Å². The molecule has 0 saturated carbocycles. The quantitative estimate of drug-likeness (QED) is 0.784. The summed E-state index contributed by atoms with van der Waals surface area (Å²) in [5, 5.41) is 4.66. The molecule has 3 nitrogen and oxygen atoms in total. The highest BCUT2D eigenvalue weighted by atomic mass is 32.1. The Kier molecular flexibility index (Phi) is 6.96. The molecule has 0 aromatic carbocycles. The van der Waals surface area contributed by atoms with Crippen LogP contribution in [0.2, 0.25) is 0 Å². The number of rotatable bonds is 8. The molecule has 0 bridgehead atoms. The van der Waals surface area contributed by atoms with Crippen LogP contribution in [0.3, 0.4) is 0 Å². The predicted molar refractivity (Wildman–Crippen MR) is 90.7 cm³/mol. The normalized spacial score (nSPS) is 13.2. The van der Waals surface area contributed by atoms with Crippen molar-refractivity contribution in [3.05, 3.63) is 10.6 Å². The summed E-state index contributed by atoms with van der Waals surface area (Å²) in [6.07, 6.45) is 1.20. The summed E-state index contributed by atoms with van der Waals surface area (Å²) in [7, 11) is 2.16. The molecule has 116 valence electrons. The number of nitrogens with zero attached hydrogens (tertiary/aromatic N) is 2. The lowest BCUT2D eigenvalue weighted by Crippen LogP contribution is -2.29. The van der Waals surface area contributed by atoms with Crippen molar-refractivity contribution in [1.29, 1.82) is 0 Å². The van der Waals surface area contributed by atoms with Crippen LogP contribution in [-0.2, 0) is 6.54 Å². The van der Waals surface area contributed by atoms with Gasteiger partial charge < -0.3 is 10.2 Å². The fraction of sp³-hybridized carbons (Fsp3) is 0.812. The molecule has 1 atom stereocenters. The molecule has 0 fully saturated rings. The van der Waals surface area contributed by atoms with E-state index in [9.17, 15) is 0 Å². The largest absolute Gasteiger partial charge is 0.348 e. The number of nitrogens with one attached hydrogen (secondary N) is 1. The minimum Gasteiger partial charge on any atom is -0.348 e. The Labute approximate surface area is 128 Å². The third kappa shape index (κ3) is 5.41. The van der Waals surface area contributed by atoms with Gasteiger partial charge in [-0.15, -0.1) is 11.3 Å². The average molecular weight is 298 g/mol. The number of hydrogen-bond acceptors (Lipinski definition) is 4. The number of thiazole rings is 1. The van der Waals surface area contributed by atoms with E-state index in [2.05, 4.69) is 58.8 Å². The molecule has 0 radical (unpaired) electrons. The van der Waals surface area contributed by atoms with Crippen LogP contribution < -0.4 is 10.2 Å². The van der Waals surface area contributed by atoms with Gasteiger partial charge in [0.25, 0.3) is 0 Å². The molecule has 1 heterocycles. The van der Waals surface area contributed by atoms with Gasteiger partial charge in [-0.05, 0) is 38.6 Å². The second-order valence-electron chi connectivity index (χ2n) is 6.62. The number of aryl methyl sites for hydroxylation is 1. The van der Waals surface area contributed by atoms with E-state index in [0.29, 0.717) is 12.0 Å². The SMILES string of the molecule is Cc1nc(N(C)C(C)CC(C)C)sc1CNCC(C)C. The number of anilines is 1. The average Bonchev–Trinajstić information content (AvgIpc) is 2.68. The summed E-state index contributed by atoms with van der Waals surface area (Å²) in [6.45, 7) is 15.4. The van der Waals surface area contributed by atoms with Crippen molar-refractivity contribution >= 4 is 16.5 Å². The lowest BCUT2D eigenvalue weighted by molar-refractivity contribution is 0.503. The van der Waals surface area contributed by atoms with Crippen molar-refractivity contribution < 1.29 is 0 Å². The molecule has 0 spiro atoms. The van der Waals surface area contributed by atoms with E-state index < -0.39 is 0 Å². The van der Waals surface area contributed by atoms with Crippen LogP contribution in [0.5, 0.6) is 0 Å². The molecule has 0 aliphatic heterocycles. The first-order chi connectivity index (χ1) is 9.31. The molecule has 0 amide bonds. The first-order valence-corrected chi connectivity index (χ1v) is 8.52. The lowest BCUT2D eigenvalue weighted by atomic mass is 10.0. The van der Waals surface area contributed by atoms with Gasteiger partial charge in [-0.25, -0.2) is 4.98 Å². The molecular weight excluding hydrogens is 266 g/mol. The molecule has 1 aromatic rings. The van der Waals surface area contributed by atoms with E-state index in [1.54, 1.807) is 0 Å². The molecular formula is C16H31N3S. The summed E-state index contributed by atoms with van der Waals surface area (Å²) >= 11 is 1.83. The van der Waals surface area contributed by atoms with Crippen LogP contribution in [0.25, 0.3) is 0 Å². The summed E-state index contributed by atoms with van der Waals surface area (Å²) in [5.41, 5.74) is 1.17. The summed E-state index contributed by atoms with van der Waals surface area (Å²) in [5.74, 6) is 1.41. The zero-order valence-corrected chi connectivity index (χ0v) is 15.0. The second kappa shape index (κ2) is 7.99. The second-order valence-corrected chi connectivity index (χ2v) is 7.68. The van der Waals surface area contributed by atoms with Crippen LogP contribution in [0, 0.1) is 18.8 Å². The van der Waals surface area contributed by atoms with E-state index >= 15 is 0 Å². The van der Waals surface area contributed by atoms with Crippen molar-refractivity contribution in [2.75, 3.05) is 18.5 Å². The summed E-state index contributed by atoms with van der Waals surface area (Å²) < 4.78 is 0. The van der Waals surface area contributed by atoms with E-state index in [0.717, 1.165) is 24.1 Å². The molecule has 20 heavy (non-hydrogen) atoms. The van der Waals surface area contributed by atoms with Gasteiger partial charge in [0.1, 0.15) is 0 Å². The van der Waals surface area contributed by atoms with Crippen LogP contribution in [-0.4, -0.2) is 24.6 Å². The Bertz CT molecular complexity index is 398. The molecule has 1 rings (SSSR count). The van der Waals surface area contributed by atoms with Gasteiger partial charge in [0.15, 0.2) is 5.13 Å². The molecule has 1 aromatic heterocycles. The lowest BCUT2D eigenvalue weighted by Gasteiger charge is -2.25. The van der Waals surface area contributed by atoms with Crippen LogP contribution in [0.4, 0.5) is 5.13 Å². The maximum atomic E-state index is 4.74. The highest BCUT2D eigenvalue weighted by molar-refractivity contribution is 7.15. The van der Waals surface area contributed by atoms with Crippen molar-refractivity contribution in [2.24, 2.45) is 11.8 Å². The Morgan fingerprint density at radius 3 is 2.35 bits per heavy atom. The van der Waals surface area contributed by atoms with Crippen LogP contribution in [0.15, 0.2) is 0 Å². The Morgan fingerprint density at radius 1 is 1.15 bits per heavy atom. The zero-order chi connectivity index (χ0) is 15.3. The summed E-state index contributed by atoms with van der Waals surface area (Å²) in [4.78, 5) is 8.43. The fourth-order valence-corrected chi connectivity index (χ4v) is 3.33. The van der Waals surface area contributed by atoms with Crippen molar-refractivity contribution in [1.82, 2.24) is 10.3 Å². The molecule has 0 aliphatic rings. The smallest absolute Gasteiger partial charge is 0.185 e. The zero-order valence-electron chi connectivity index (χ0n) is 14.2. The van der Waals surface area contributed by atoms with Gasteiger partial charge in [-0.1, -0.05) is 27.7 Å². The van der Waals surface area contributed by atoms with Gasteiger partial charge in [-0.3, -0.25) is 0 Å². The minimum atomic E-state index is 0.539. The molecule has 0 saturated heterocycles. The molecule has 1 N–H and O–H groups in total. The van der Waals surface area contributed by atoms with E-state index in [1.807, 2.05) is 11.3 Å². The maximum absolute atomic E-state index is 4.74. The van der Waals surface area contributed by atoms with Crippen LogP contribution in [0.1, 0.15) is 51.6 Å². The predicted octanol–water partition coefficient (Wildman–Crippen LogP) is 4.07. The Morgan fingerprint density at radius 2 is 1.80 bits per heavy atom. The van der Waals surface area contributed by atoms with Gasteiger partial charge in [0.05, 0.1) is 5.69 Å². The van der Waals surface area contributed by atoms with E-state index in [4.69, 9.17) is 4.98 Å². The van der Waals surface area contributed by atoms with Crippen molar-refractivity contribution in [3.8, 4) is 0 Å². The van der Waals surface area contributed by atoms with Gasteiger partial charge in [0.2, 0.25) is 0 Å². The van der Waals surface area contributed by atoms with Gasteiger partial charge >= 0.3 is 0 Å². The van der Waals surface area contributed by atoms with Crippen molar-refractivity contribution in [2.45, 2.75) is 60.5 Å². The molecule has 0 aliphatic carbocycles. The minimum absolute atomic E-state index is 0.539. The van der Waals surface area contributed by atoms with E-state index in [1.165, 1.54) is 17.0 Å². The first kappa shape index (κ1) is 17.4. The third-order valence-electron chi connectivity index (χ3n) is 3.49. The van der Waals surface area contributed by atoms with Crippen molar-refractivity contribution in [3.63, 3.8) is 0 Å². The third-order valence-corrected chi connectivity index (χ3v) is 4.74. The van der Waals surface area contributed by atoms with E-state index in [-0.39, 0.29) is 0 Å².